The van der Waals surface area contributed by atoms with Gasteiger partial charge in [-0.3, -0.25) is 4.31 Å². The van der Waals surface area contributed by atoms with Gasteiger partial charge in [0.15, 0.2) is 5.69 Å². The Labute approximate surface area is 272 Å². The molecule has 0 saturated heterocycles. The molecule has 1 aromatic heterocycles. The molecule has 0 aliphatic carbocycles. The second kappa shape index (κ2) is 14.8. The average molecular weight is 649 g/mol. The molecule has 0 unspecified atom stereocenters. The van der Waals surface area contributed by atoms with E-state index in [0.717, 1.165) is 30.8 Å². The van der Waals surface area contributed by atoms with Gasteiger partial charge in [-0.25, -0.2) is 17.9 Å². The summed E-state index contributed by atoms with van der Waals surface area (Å²) < 4.78 is 42.6. The van der Waals surface area contributed by atoms with E-state index in [0.29, 0.717) is 40.6 Å². The molecule has 3 aromatic carbocycles. The van der Waals surface area contributed by atoms with Crippen molar-refractivity contribution in [2.45, 2.75) is 51.9 Å². The van der Waals surface area contributed by atoms with Crippen molar-refractivity contribution in [2.24, 2.45) is 0 Å². The lowest BCUT2D eigenvalue weighted by atomic mass is 9.99. The summed E-state index contributed by atoms with van der Waals surface area (Å²) in [6, 6.07) is 19.1. The summed E-state index contributed by atoms with van der Waals surface area (Å²) in [6.07, 6.45) is 0.643. The first-order chi connectivity index (χ1) is 22.0. The highest BCUT2D eigenvalue weighted by molar-refractivity contribution is 7.92. The number of ether oxygens (including phenoxy) is 2. The highest BCUT2D eigenvalue weighted by atomic mass is 32.2. The number of hydrogen-bond acceptors (Lipinski definition) is 7. The summed E-state index contributed by atoms with van der Waals surface area (Å²) in [7, 11) is -0.824. The predicted octanol–water partition coefficient (Wildman–Crippen LogP) is 6.61. The molecule has 46 heavy (non-hydrogen) atoms. The monoisotopic (exact) mass is 648 g/mol. The van der Waals surface area contributed by atoms with Gasteiger partial charge in [-0.1, -0.05) is 51.5 Å². The number of sulfonamides is 1. The number of hydrogen-bond donors (Lipinski definition) is 1. The molecule has 4 rings (SSSR count). The van der Waals surface area contributed by atoms with Crippen LogP contribution in [0.4, 0.5) is 5.69 Å². The largest absolute Gasteiger partial charge is 0.496 e. The lowest BCUT2D eigenvalue weighted by Gasteiger charge is -2.28. The number of aryl methyl sites for hydroxylation is 1. The fourth-order valence-corrected chi connectivity index (χ4v) is 7.00. The van der Waals surface area contributed by atoms with Crippen LogP contribution in [0.25, 0.3) is 16.9 Å². The highest BCUT2D eigenvalue weighted by Gasteiger charge is 2.28. The molecule has 11 heteroatoms. The number of aromatic nitrogens is 2. The summed E-state index contributed by atoms with van der Waals surface area (Å²) in [4.78, 5) is 14.6. The van der Waals surface area contributed by atoms with Gasteiger partial charge < -0.3 is 19.5 Å². The minimum atomic E-state index is -3.90. The number of aromatic carboxylic acids is 1. The van der Waals surface area contributed by atoms with Crippen LogP contribution in [0.3, 0.4) is 0 Å². The van der Waals surface area contributed by atoms with Crippen molar-refractivity contribution in [3.63, 3.8) is 0 Å². The van der Waals surface area contributed by atoms with Gasteiger partial charge in [0.25, 0.3) is 10.0 Å². The fraction of sp³-hybridized carbons (Fsp3) is 0.371. The summed E-state index contributed by atoms with van der Waals surface area (Å²) in [6.45, 7) is 12.9. The maximum absolute atomic E-state index is 14.2. The zero-order valence-corrected chi connectivity index (χ0v) is 28.5. The maximum Gasteiger partial charge on any atom is 0.356 e. The predicted molar refractivity (Wildman–Crippen MR) is 181 cm³/mol. The standard InChI is InChI=1S/C35H44N4O6S/c1-8-37(9-2)20-11-21-38(46(42,43)27-17-14-25(5)15-18-27)26-16-19-30(28(22-26)24(3)4)39-31(23-29(36-39)35(40)41)34-32(44-6)12-10-13-33(34)45-7/h10,12-19,22-24H,8-9,11,20-21H2,1-7H3,(H,40,41). The van der Waals surface area contributed by atoms with Crippen LogP contribution < -0.4 is 13.8 Å². The van der Waals surface area contributed by atoms with Crippen LogP contribution in [0.15, 0.2) is 71.6 Å². The Kier molecular flexibility index (Phi) is 11.1. The Morgan fingerprint density at radius 2 is 1.57 bits per heavy atom. The molecule has 0 atom stereocenters. The van der Waals surface area contributed by atoms with Gasteiger partial charge in [0.2, 0.25) is 0 Å². The summed E-state index contributed by atoms with van der Waals surface area (Å²) in [5, 5.41) is 14.4. The van der Waals surface area contributed by atoms with Crippen molar-refractivity contribution in [3.8, 4) is 28.4 Å². The Bertz CT molecular complexity index is 1740. The SMILES string of the molecule is CCN(CC)CCCN(c1ccc(-n2nc(C(=O)O)cc2-c2c(OC)cccc2OC)c(C(C)C)c1)S(=O)(=O)c1ccc(C)cc1. The summed E-state index contributed by atoms with van der Waals surface area (Å²) >= 11 is 0. The summed E-state index contributed by atoms with van der Waals surface area (Å²) in [5.74, 6) is -0.271. The van der Waals surface area contributed by atoms with E-state index in [1.165, 1.54) is 24.6 Å². The number of methoxy groups -OCH3 is 2. The molecule has 0 amide bonds. The van der Waals surface area contributed by atoms with E-state index in [2.05, 4.69) is 23.8 Å². The number of carbonyl (C=O) groups is 1. The Balaban J connectivity index is 1.90. The van der Waals surface area contributed by atoms with Crippen LogP contribution in [0.1, 0.15) is 61.6 Å². The van der Waals surface area contributed by atoms with Gasteiger partial charge in [0, 0.05) is 6.54 Å². The van der Waals surface area contributed by atoms with Crippen LogP contribution in [-0.4, -0.2) is 74.6 Å². The van der Waals surface area contributed by atoms with E-state index in [9.17, 15) is 18.3 Å². The second-order valence-corrected chi connectivity index (χ2v) is 13.2. The molecule has 0 saturated carbocycles. The molecule has 10 nitrogen and oxygen atoms in total. The first-order valence-electron chi connectivity index (χ1n) is 15.5. The van der Waals surface area contributed by atoms with Crippen LogP contribution in [0, 0.1) is 6.92 Å². The van der Waals surface area contributed by atoms with Crippen LogP contribution in [0.5, 0.6) is 11.5 Å². The van der Waals surface area contributed by atoms with E-state index >= 15 is 0 Å². The van der Waals surface area contributed by atoms with Crippen molar-refractivity contribution in [2.75, 3.05) is 44.7 Å². The first-order valence-corrected chi connectivity index (χ1v) is 16.9. The Morgan fingerprint density at radius 3 is 2.11 bits per heavy atom. The zero-order chi connectivity index (χ0) is 33.6. The van der Waals surface area contributed by atoms with Gasteiger partial charge in [0.05, 0.1) is 41.7 Å². The highest BCUT2D eigenvalue weighted by Crippen LogP contribution is 2.41. The Morgan fingerprint density at radius 1 is 0.935 bits per heavy atom. The molecule has 0 spiro atoms. The van der Waals surface area contributed by atoms with Gasteiger partial charge in [-0.2, -0.15) is 5.10 Å². The minimum Gasteiger partial charge on any atom is -0.496 e. The van der Waals surface area contributed by atoms with Crippen LogP contribution >= 0.6 is 0 Å². The third-order valence-electron chi connectivity index (χ3n) is 8.10. The van der Waals surface area contributed by atoms with Crippen molar-refractivity contribution in [1.82, 2.24) is 14.7 Å². The number of nitrogens with zero attached hydrogens (tertiary/aromatic N) is 4. The lowest BCUT2D eigenvalue weighted by Crippen LogP contribution is -2.34. The number of benzene rings is 3. The third kappa shape index (κ3) is 7.21. The van der Waals surface area contributed by atoms with Gasteiger partial charge in [-0.05, 0) is 93.0 Å². The molecule has 0 aliphatic rings. The molecular weight excluding hydrogens is 604 g/mol. The van der Waals surface area contributed by atoms with Crippen molar-refractivity contribution in [1.29, 1.82) is 0 Å². The molecule has 0 bridgehead atoms. The minimum absolute atomic E-state index is 0.0700. The van der Waals surface area contributed by atoms with Crippen molar-refractivity contribution >= 4 is 21.7 Å². The van der Waals surface area contributed by atoms with Crippen molar-refractivity contribution in [3.05, 3.63) is 83.6 Å². The fourth-order valence-electron chi connectivity index (χ4n) is 5.51. The average Bonchev–Trinajstić information content (AvgIpc) is 3.49. The lowest BCUT2D eigenvalue weighted by molar-refractivity contribution is 0.0690. The normalized spacial score (nSPS) is 11.7. The molecule has 1 N–H and O–H groups in total. The van der Waals surface area contributed by atoms with E-state index in [-0.39, 0.29) is 23.1 Å². The van der Waals surface area contributed by atoms with E-state index in [1.807, 2.05) is 26.8 Å². The van der Waals surface area contributed by atoms with Crippen LogP contribution in [0.2, 0.25) is 0 Å². The second-order valence-electron chi connectivity index (χ2n) is 11.3. The van der Waals surface area contributed by atoms with E-state index in [1.54, 1.807) is 59.3 Å². The van der Waals surface area contributed by atoms with Gasteiger partial charge in [0.1, 0.15) is 11.5 Å². The molecule has 0 radical (unpaired) electrons. The number of rotatable bonds is 15. The molecule has 0 fully saturated rings. The number of anilines is 1. The van der Waals surface area contributed by atoms with Gasteiger partial charge >= 0.3 is 5.97 Å². The quantitative estimate of drug-likeness (QED) is 0.153. The van der Waals surface area contributed by atoms with Gasteiger partial charge in [-0.15, -0.1) is 0 Å². The third-order valence-corrected chi connectivity index (χ3v) is 9.94. The van der Waals surface area contributed by atoms with Crippen LogP contribution in [-0.2, 0) is 10.0 Å². The summed E-state index contributed by atoms with van der Waals surface area (Å²) in [5.41, 5.74) is 3.76. The molecule has 246 valence electrons. The molecular formula is C35H44N4O6S. The zero-order valence-electron chi connectivity index (χ0n) is 27.6. The smallest absolute Gasteiger partial charge is 0.356 e. The molecule has 0 aliphatic heterocycles. The molecule has 1 heterocycles. The number of carboxylic acids is 1. The topological polar surface area (TPSA) is 114 Å². The first kappa shape index (κ1) is 34.5. The Hall–Kier alpha value is -4.35. The van der Waals surface area contributed by atoms with E-state index in [4.69, 9.17) is 9.47 Å². The van der Waals surface area contributed by atoms with Crippen molar-refractivity contribution < 1.29 is 27.8 Å². The number of carboxylic acid groups (broad SMARTS) is 1. The maximum atomic E-state index is 14.2. The van der Waals surface area contributed by atoms with E-state index < -0.39 is 16.0 Å². The molecule has 4 aromatic rings.